The van der Waals surface area contributed by atoms with Gasteiger partial charge >= 0.3 is 0 Å². The fourth-order valence-electron chi connectivity index (χ4n) is 5.22. The van der Waals surface area contributed by atoms with Gasteiger partial charge in [-0.3, -0.25) is 0 Å². The summed E-state index contributed by atoms with van der Waals surface area (Å²) in [4.78, 5) is 0. The molecule has 0 saturated heterocycles. The maximum Gasteiger partial charge on any atom is 0.0463 e. The molecule has 0 bridgehead atoms. The molecule has 1 aliphatic rings. The molecule has 0 heterocycles. The Morgan fingerprint density at radius 3 is 2.19 bits per heavy atom. The first-order chi connectivity index (χ1) is 15.6. The molecule has 1 aliphatic carbocycles. The Morgan fingerprint density at radius 2 is 1.31 bits per heavy atom. The second kappa shape index (κ2) is 7.10. The van der Waals surface area contributed by atoms with Gasteiger partial charge in [-0.25, -0.2) is 0 Å². The van der Waals surface area contributed by atoms with Crippen molar-refractivity contribution in [2.45, 2.75) is 19.3 Å². The summed E-state index contributed by atoms with van der Waals surface area (Å²) in [6.07, 6.45) is 0. The van der Waals surface area contributed by atoms with Crippen LogP contribution >= 0.6 is 0 Å². The third-order valence-electron chi connectivity index (χ3n) is 6.83. The van der Waals surface area contributed by atoms with E-state index < -0.39 is 0 Å². The summed E-state index contributed by atoms with van der Waals surface area (Å²) in [6.45, 7) is 4.68. The number of benzene rings is 5. The monoisotopic (exact) mass is 411 g/mol. The normalized spacial score (nSPS) is 13.6. The molecule has 1 heteroatoms. The van der Waals surface area contributed by atoms with Crippen LogP contribution in [0.15, 0.2) is 109 Å². The van der Waals surface area contributed by atoms with Gasteiger partial charge in [0.05, 0.1) is 0 Å². The SMILES string of the molecule is CC1(C)c2ccccc2-c2c(-c3ccccc3)cc(Nc3cccc4ccccc34)cc21. The number of nitrogens with one attached hydrogen (secondary N) is 1. The number of rotatable bonds is 3. The fraction of sp³-hybridized carbons (Fsp3) is 0.0968. The van der Waals surface area contributed by atoms with E-state index in [0.717, 1.165) is 11.4 Å². The van der Waals surface area contributed by atoms with Gasteiger partial charge in [0.2, 0.25) is 0 Å². The van der Waals surface area contributed by atoms with Crippen LogP contribution in [0.25, 0.3) is 33.0 Å². The molecule has 1 nitrogen and oxygen atoms in total. The van der Waals surface area contributed by atoms with Crippen LogP contribution in [-0.4, -0.2) is 0 Å². The first-order valence-corrected chi connectivity index (χ1v) is 11.2. The van der Waals surface area contributed by atoms with Gasteiger partial charge in [0.1, 0.15) is 0 Å². The molecule has 0 aliphatic heterocycles. The summed E-state index contributed by atoms with van der Waals surface area (Å²) in [5.74, 6) is 0. The van der Waals surface area contributed by atoms with Crippen molar-refractivity contribution in [3.8, 4) is 22.3 Å². The van der Waals surface area contributed by atoms with Crippen LogP contribution in [0, 0.1) is 0 Å². The maximum absolute atomic E-state index is 3.75. The summed E-state index contributed by atoms with van der Waals surface area (Å²) in [7, 11) is 0. The molecular formula is C31H25N. The summed E-state index contributed by atoms with van der Waals surface area (Å²) in [6, 6.07) is 39.3. The zero-order chi connectivity index (χ0) is 21.7. The second-order valence-electron chi connectivity index (χ2n) is 9.13. The molecule has 0 unspecified atom stereocenters. The molecule has 0 amide bonds. The van der Waals surface area contributed by atoms with Gasteiger partial charge in [-0.05, 0) is 57.0 Å². The summed E-state index contributed by atoms with van der Waals surface area (Å²) in [5.41, 5.74) is 10.2. The third kappa shape index (κ3) is 2.85. The lowest BCUT2D eigenvalue weighted by atomic mass is 9.81. The average Bonchev–Trinajstić information content (AvgIpc) is 3.07. The van der Waals surface area contributed by atoms with Crippen LogP contribution in [0.4, 0.5) is 11.4 Å². The van der Waals surface area contributed by atoms with Crippen LogP contribution < -0.4 is 5.32 Å². The van der Waals surface area contributed by atoms with Crippen molar-refractivity contribution in [3.63, 3.8) is 0 Å². The zero-order valence-electron chi connectivity index (χ0n) is 18.4. The molecule has 0 radical (unpaired) electrons. The van der Waals surface area contributed by atoms with Gasteiger partial charge < -0.3 is 5.32 Å². The quantitative estimate of drug-likeness (QED) is 0.313. The Balaban J connectivity index is 1.59. The van der Waals surface area contributed by atoms with Crippen molar-refractivity contribution >= 4 is 22.1 Å². The van der Waals surface area contributed by atoms with Crippen LogP contribution in [0.1, 0.15) is 25.0 Å². The molecule has 154 valence electrons. The number of hydrogen-bond donors (Lipinski definition) is 1. The van der Waals surface area contributed by atoms with Crippen molar-refractivity contribution in [1.29, 1.82) is 0 Å². The molecule has 5 aromatic carbocycles. The van der Waals surface area contributed by atoms with Gasteiger partial charge in [-0.1, -0.05) is 105 Å². The highest BCUT2D eigenvalue weighted by Crippen LogP contribution is 2.53. The van der Waals surface area contributed by atoms with Crippen molar-refractivity contribution < 1.29 is 0 Å². The minimum Gasteiger partial charge on any atom is -0.355 e. The molecule has 5 aromatic rings. The minimum absolute atomic E-state index is 0.0497. The summed E-state index contributed by atoms with van der Waals surface area (Å²) >= 11 is 0. The highest BCUT2D eigenvalue weighted by molar-refractivity contribution is 5.98. The van der Waals surface area contributed by atoms with E-state index in [9.17, 15) is 0 Å². The van der Waals surface area contributed by atoms with Crippen molar-refractivity contribution in [2.24, 2.45) is 0 Å². The Hall–Kier alpha value is -3.84. The predicted molar refractivity (Wildman–Crippen MR) is 137 cm³/mol. The van der Waals surface area contributed by atoms with E-state index >= 15 is 0 Å². The maximum atomic E-state index is 3.75. The molecule has 0 atom stereocenters. The van der Waals surface area contributed by atoms with E-state index in [0.29, 0.717) is 0 Å². The van der Waals surface area contributed by atoms with Crippen molar-refractivity contribution in [1.82, 2.24) is 0 Å². The van der Waals surface area contributed by atoms with Crippen LogP contribution in [0.5, 0.6) is 0 Å². The van der Waals surface area contributed by atoms with Gasteiger partial charge in [-0.15, -0.1) is 0 Å². The Bertz CT molecular complexity index is 1460. The van der Waals surface area contributed by atoms with E-state index in [1.807, 2.05) is 0 Å². The van der Waals surface area contributed by atoms with Gasteiger partial charge in [0.15, 0.2) is 0 Å². The van der Waals surface area contributed by atoms with Crippen LogP contribution in [-0.2, 0) is 5.41 Å². The lowest BCUT2D eigenvalue weighted by molar-refractivity contribution is 0.661. The topological polar surface area (TPSA) is 12.0 Å². The first kappa shape index (κ1) is 18.9. The molecule has 0 spiro atoms. The Morgan fingerprint density at radius 1 is 0.594 bits per heavy atom. The third-order valence-corrected chi connectivity index (χ3v) is 6.83. The van der Waals surface area contributed by atoms with E-state index in [1.165, 1.54) is 44.2 Å². The average molecular weight is 412 g/mol. The highest BCUT2D eigenvalue weighted by atomic mass is 14.9. The molecule has 6 rings (SSSR count). The standard InChI is InChI=1S/C31H25N/c1-31(2)27-17-9-8-16-25(27)30-26(22-11-4-3-5-12-22)19-23(20-28(30)31)32-29-18-10-14-21-13-6-7-15-24(21)29/h3-20,32H,1-2H3. The smallest absolute Gasteiger partial charge is 0.0463 e. The minimum atomic E-state index is -0.0497. The molecule has 32 heavy (non-hydrogen) atoms. The lowest BCUT2D eigenvalue weighted by Crippen LogP contribution is -2.15. The fourth-order valence-corrected chi connectivity index (χ4v) is 5.22. The van der Waals surface area contributed by atoms with E-state index in [4.69, 9.17) is 0 Å². The molecule has 0 fully saturated rings. The predicted octanol–water partition coefficient (Wildman–Crippen LogP) is 8.56. The molecule has 1 N–H and O–H groups in total. The first-order valence-electron chi connectivity index (χ1n) is 11.2. The van der Waals surface area contributed by atoms with Gasteiger partial charge in [-0.2, -0.15) is 0 Å². The van der Waals surface area contributed by atoms with Crippen LogP contribution in [0.2, 0.25) is 0 Å². The second-order valence-corrected chi connectivity index (χ2v) is 9.13. The zero-order valence-corrected chi connectivity index (χ0v) is 18.4. The molecular weight excluding hydrogens is 386 g/mol. The summed E-state index contributed by atoms with van der Waals surface area (Å²) < 4.78 is 0. The van der Waals surface area contributed by atoms with E-state index in [1.54, 1.807) is 0 Å². The summed E-state index contributed by atoms with van der Waals surface area (Å²) in [5, 5.41) is 6.23. The Labute approximate surface area is 189 Å². The van der Waals surface area contributed by atoms with Gasteiger partial charge in [0.25, 0.3) is 0 Å². The number of fused-ring (bicyclic) bond motifs is 4. The lowest BCUT2D eigenvalue weighted by Gasteiger charge is -2.23. The number of hydrogen-bond acceptors (Lipinski definition) is 1. The van der Waals surface area contributed by atoms with Crippen molar-refractivity contribution in [2.75, 3.05) is 5.32 Å². The van der Waals surface area contributed by atoms with Crippen molar-refractivity contribution in [3.05, 3.63) is 120 Å². The van der Waals surface area contributed by atoms with Gasteiger partial charge in [0, 0.05) is 22.2 Å². The highest BCUT2D eigenvalue weighted by Gasteiger charge is 2.37. The Kier molecular flexibility index (Phi) is 4.19. The van der Waals surface area contributed by atoms with Crippen LogP contribution in [0.3, 0.4) is 0 Å². The van der Waals surface area contributed by atoms with E-state index in [2.05, 4.69) is 128 Å². The number of anilines is 2. The molecule has 0 aromatic heterocycles. The van der Waals surface area contributed by atoms with E-state index in [-0.39, 0.29) is 5.41 Å². The molecule has 0 saturated carbocycles. The largest absolute Gasteiger partial charge is 0.355 e.